The van der Waals surface area contributed by atoms with E-state index in [9.17, 15) is 9.59 Å². The Morgan fingerprint density at radius 3 is 2.64 bits per heavy atom. The number of nitrogens with one attached hydrogen (secondary N) is 3. The Kier molecular flexibility index (Phi) is 7.75. The lowest BCUT2D eigenvalue weighted by Crippen LogP contribution is -2.52. The van der Waals surface area contributed by atoms with Crippen molar-refractivity contribution >= 4 is 17.6 Å². The van der Waals surface area contributed by atoms with Crippen molar-refractivity contribution in [3.05, 3.63) is 65.7 Å². The lowest BCUT2D eigenvalue weighted by Gasteiger charge is -2.42. The first-order valence-electron chi connectivity index (χ1n) is 13.4. The van der Waals surface area contributed by atoms with E-state index < -0.39 is 0 Å². The highest BCUT2D eigenvalue weighted by Gasteiger charge is 2.48. The van der Waals surface area contributed by atoms with Crippen LogP contribution in [0.25, 0.3) is 0 Å². The van der Waals surface area contributed by atoms with Crippen LogP contribution in [0.15, 0.2) is 54.6 Å². The minimum atomic E-state index is -0.188. The molecular formula is C29H38N4O3. The van der Waals surface area contributed by atoms with Crippen LogP contribution in [0.4, 0.5) is 10.5 Å². The van der Waals surface area contributed by atoms with E-state index in [-0.39, 0.29) is 36.0 Å². The molecule has 2 heterocycles. The Hall–Kier alpha value is -3.06. The van der Waals surface area contributed by atoms with Gasteiger partial charge >= 0.3 is 6.03 Å². The molecule has 0 unspecified atom stereocenters. The van der Waals surface area contributed by atoms with Gasteiger partial charge in [0, 0.05) is 44.5 Å². The number of para-hydroxylation sites is 1. The summed E-state index contributed by atoms with van der Waals surface area (Å²) in [7, 11) is 1.66. The number of methoxy groups -OCH3 is 1. The number of ether oxygens (including phenoxy) is 1. The fourth-order valence-electron chi connectivity index (χ4n) is 6.41. The number of benzene rings is 2. The fourth-order valence-corrected chi connectivity index (χ4v) is 6.41. The zero-order valence-electron chi connectivity index (χ0n) is 21.1. The highest BCUT2D eigenvalue weighted by Crippen LogP contribution is 2.51. The lowest BCUT2D eigenvalue weighted by atomic mass is 9.79. The van der Waals surface area contributed by atoms with Gasteiger partial charge in [0.2, 0.25) is 5.91 Å². The van der Waals surface area contributed by atoms with Crippen LogP contribution in [0, 0.1) is 11.8 Å². The zero-order chi connectivity index (χ0) is 24.9. The monoisotopic (exact) mass is 490 g/mol. The molecule has 0 aromatic heterocycles. The number of urea groups is 1. The van der Waals surface area contributed by atoms with Crippen molar-refractivity contribution in [1.29, 1.82) is 0 Å². The first-order chi connectivity index (χ1) is 17.7. The van der Waals surface area contributed by atoms with Gasteiger partial charge in [-0.25, -0.2) is 4.79 Å². The van der Waals surface area contributed by atoms with Crippen LogP contribution in [0.2, 0.25) is 0 Å². The maximum absolute atomic E-state index is 14.1. The smallest absolute Gasteiger partial charge is 0.315 e. The summed E-state index contributed by atoms with van der Waals surface area (Å²) in [6.45, 7) is 1.92. The van der Waals surface area contributed by atoms with E-state index >= 15 is 0 Å². The van der Waals surface area contributed by atoms with Crippen LogP contribution in [-0.4, -0.2) is 49.7 Å². The summed E-state index contributed by atoms with van der Waals surface area (Å²) in [5.74, 6) is 0.320. The molecule has 2 fully saturated rings. The molecule has 1 aliphatic carbocycles. The molecule has 7 nitrogen and oxygen atoms in total. The van der Waals surface area contributed by atoms with Gasteiger partial charge < -0.3 is 25.6 Å². The van der Waals surface area contributed by atoms with Gasteiger partial charge in [-0.3, -0.25) is 4.79 Å². The largest absolute Gasteiger partial charge is 0.385 e. The second-order valence-electron chi connectivity index (χ2n) is 10.3. The molecule has 0 spiro atoms. The molecular weight excluding hydrogens is 452 g/mol. The first kappa shape index (κ1) is 24.6. The van der Waals surface area contributed by atoms with Crippen molar-refractivity contribution in [2.75, 3.05) is 32.1 Å². The fraction of sp³-hybridized carbons (Fsp3) is 0.517. The van der Waals surface area contributed by atoms with Gasteiger partial charge in [-0.05, 0) is 42.9 Å². The Bertz CT molecular complexity index is 1050. The molecule has 7 heteroatoms. The highest BCUT2D eigenvalue weighted by atomic mass is 16.5. The van der Waals surface area contributed by atoms with Crippen LogP contribution < -0.4 is 16.0 Å². The molecule has 5 atom stereocenters. The van der Waals surface area contributed by atoms with E-state index in [0.717, 1.165) is 50.8 Å². The number of carbonyl (C=O) groups is 2. The Balaban J connectivity index is 1.35. The van der Waals surface area contributed by atoms with Gasteiger partial charge in [-0.15, -0.1) is 0 Å². The normalized spacial score (nSPS) is 26.9. The summed E-state index contributed by atoms with van der Waals surface area (Å²) in [5.41, 5.74) is 3.58. The van der Waals surface area contributed by atoms with Gasteiger partial charge in [0.1, 0.15) is 0 Å². The van der Waals surface area contributed by atoms with Crippen molar-refractivity contribution in [3.63, 3.8) is 0 Å². The molecule has 192 valence electrons. The standard InChI is InChI=1S/C29H38N4O3/c1-36-19-9-17-30-29(35)32-25-15-8-6-13-22(25)28(34)33-18-16-23-26(20-10-3-2-4-11-20)31-24-14-7-5-12-21(24)27(23)33/h2-5,7,10-12,14,22-23,25-27,31H,6,8-9,13,15-19H2,1H3,(H2,30,32,35)/t22-,23+,25+,26-,27-/m0/s1. The van der Waals surface area contributed by atoms with E-state index in [1.165, 1.54) is 11.1 Å². The quantitative estimate of drug-likeness (QED) is 0.494. The van der Waals surface area contributed by atoms with Crippen LogP contribution in [0.3, 0.4) is 0 Å². The number of likely N-dealkylation sites (tertiary alicyclic amines) is 1. The minimum absolute atomic E-state index is 0.0469. The third-order valence-corrected chi connectivity index (χ3v) is 8.12. The Morgan fingerprint density at radius 1 is 1.03 bits per heavy atom. The molecule has 3 amide bonds. The average Bonchev–Trinajstić information content (AvgIpc) is 3.37. The number of fused-ring (bicyclic) bond motifs is 3. The molecule has 2 aromatic rings. The van der Waals surface area contributed by atoms with Gasteiger partial charge in [0.25, 0.3) is 0 Å². The summed E-state index contributed by atoms with van der Waals surface area (Å²) >= 11 is 0. The van der Waals surface area contributed by atoms with Gasteiger partial charge in [0.15, 0.2) is 0 Å². The van der Waals surface area contributed by atoms with Crippen molar-refractivity contribution in [2.24, 2.45) is 11.8 Å². The first-order valence-corrected chi connectivity index (χ1v) is 13.4. The van der Waals surface area contributed by atoms with E-state index in [4.69, 9.17) is 4.74 Å². The number of hydrogen-bond donors (Lipinski definition) is 3. The number of nitrogens with zero attached hydrogens (tertiary/aromatic N) is 1. The SMILES string of the molecule is COCCCNC(=O)N[C@@H]1CCCC[C@@H]1C(=O)N1CC[C@@H]2[C@H](c3ccccc3)Nc3ccccc3[C@@H]21. The van der Waals surface area contributed by atoms with E-state index in [2.05, 4.69) is 69.4 Å². The van der Waals surface area contributed by atoms with Crippen molar-refractivity contribution in [3.8, 4) is 0 Å². The van der Waals surface area contributed by atoms with Crippen molar-refractivity contribution in [1.82, 2.24) is 15.5 Å². The van der Waals surface area contributed by atoms with E-state index in [0.29, 0.717) is 19.1 Å². The molecule has 5 rings (SSSR count). The average molecular weight is 491 g/mol. The maximum atomic E-state index is 14.1. The molecule has 2 aromatic carbocycles. The predicted molar refractivity (Wildman–Crippen MR) is 141 cm³/mol. The third kappa shape index (κ3) is 5.07. The molecule has 0 radical (unpaired) electrons. The number of anilines is 1. The zero-order valence-corrected chi connectivity index (χ0v) is 21.1. The molecule has 3 aliphatic rings. The number of hydrogen-bond acceptors (Lipinski definition) is 4. The molecule has 3 N–H and O–H groups in total. The summed E-state index contributed by atoms with van der Waals surface area (Å²) in [4.78, 5) is 28.8. The van der Waals surface area contributed by atoms with Crippen LogP contribution >= 0.6 is 0 Å². The second kappa shape index (κ2) is 11.3. The van der Waals surface area contributed by atoms with Gasteiger partial charge in [-0.2, -0.15) is 0 Å². The summed E-state index contributed by atoms with van der Waals surface area (Å²) < 4.78 is 5.06. The van der Waals surface area contributed by atoms with Gasteiger partial charge in [0.05, 0.1) is 18.0 Å². The number of rotatable bonds is 7. The Labute approximate surface area is 214 Å². The van der Waals surface area contributed by atoms with Crippen LogP contribution in [0.1, 0.15) is 61.7 Å². The van der Waals surface area contributed by atoms with Crippen LogP contribution in [0.5, 0.6) is 0 Å². The lowest BCUT2D eigenvalue weighted by molar-refractivity contribution is -0.138. The number of amides is 3. The second-order valence-corrected chi connectivity index (χ2v) is 10.3. The summed E-state index contributed by atoms with van der Waals surface area (Å²) in [5, 5.41) is 9.81. The molecule has 1 saturated carbocycles. The van der Waals surface area contributed by atoms with Crippen molar-refractivity contribution < 1.29 is 14.3 Å². The molecule has 0 bridgehead atoms. The topological polar surface area (TPSA) is 82.7 Å². The van der Waals surface area contributed by atoms with E-state index in [1.807, 2.05) is 6.07 Å². The highest BCUT2D eigenvalue weighted by molar-refractivity contribution is 5.82. The summed E-state index contributed by atoms with van der Waals surface area (Å²) in [6.07, 6.45) is 5.45. The Morgan fingerprint density at radius 2 is 1.81 bits per heavy atom. The minimum Gasteiger partial charge on any atom is -0.385 e. The van der Waals surface area contributed by atoms with Gasteiger partial charge in [-0.1, -0.05) is 61.4 Å². The summed E-state index contributed by atoms with van der Waals surface area (Å²) in [6, 6.07) is 18.9. The predicted octanol–water partition coefficient (Wildman–Crippen LogP) is 4.64. The number of carbonyl (C=O) groups excluding carboxylic acids is 2. The van der Waals surface area contributed by atoms with Crippen LogP contribution in [-0.2, 0) is 9.53 Å². The van der Waals surface area contributed by atoms with Crippen molar-refractivity contribution in [2.45, 2.75) is 56.7 Å². The van der Waals surface area contributed by atoms with E-state index in [1.54, 1.807) is 7.11 Å². The molecule has 2 aliphatic heterocycles. The third-order valence-electron chi connectivity index (χ3n) is 8.12. The molecule has 36 heavy (non-hydrogen) atoms. The maximum Gasteiger partial charge on any atom is 0.315 e. The molecule has 1 saturated heterocycles.